The lowest BCUT2D eigenvalue weighted by molar-refractivity contribution is -0.139. The van der Waals surface area contributed by atoms with Crippen LogP contribution in [-0.2, 0) is 4.79 Å². The van der Waals surface area contributed by atoms with E-state index in [2.05, 4.69) is 0 Å². The number of hydrogen-bond donors (Lipinski definition) is 1. The van der Waals surface area contributed by atoms with Gasteiger partial charge in [-0.3, -0.25) is 4.79 Å². The normalized spacial score (nSPS) is 15.1. The number of ether oxygens (including phenoxy) is 4. The van der Waals surface area contributed by atoms with Gasteiger partial charge in [0.15, 0.2) is 11.5 Å². The number of hydrogen-bond acceptors (Lipinski definition) is 5. The van der Waals surface area contributed by atoms with Crippen LogP contribution in [0.2, 0.25) is 0 Å². The van der Waals surface area contributed by atoms with Crippen molar-refractivity contribution in [3.05, 3.63) is 52.6 Å². The molecule has 0 amide bonds. The zero-order valence-corrected chi connectivity index (χ0v) is 18.0. The SMILES string of the molecule is COc1ccc2c(c1)C(C(C)C(=O)O)=C(C)/C2=C/c1cc(OC)c(OC)c(OC)c1. The van der Waals surface area contributed by atoms with Crippen LogP contribution in [0.15, 0.2) is 35.9 Å². The number of rotatable bonds is 7. The van der Waals surface area contributed by atoms with E-state index in [1.807, 2.05) is 43.3 Å². The quantitative estimate of drug-likeness (QED) is 0.709. The third-order valence-electron chi connectivity index (χ3n) is 5.42. The Hall–Kier alpha value is -3.41. The van der Waals surface area contributed by atoms with Crippen molar-refractivity contribution in [2.45, 2.75) is 13.8 Å². The van der Waals surface area contributed by atoms with E-state index in [-0.39, 0.29) is 0 Å². The average molecular weight is 410 g/mol. The van der Waals surface area contributed by atoms with Crippen molar-refractivity contribution in [2.24, 2.45) is 5.92 Å². The first-order valence-corrected chi connectivity index (χ1v) is 9.50. The van der Waals surface area contributed by atoms with E-state index >= 15 is 0 Å². The number of carboxylic acid groups (broad SMARTS) is 1. The van der Waals surface area contributed by atoms with Gasteiger partial charge in [-0.25, -0.2) is 0 Å². The lowest BCUT2D eigenvalue weighted by Crippen LogP contribution is -2.11. The standard InChI is InChI=1S/C24H26O6/c1-13-18(9-15-10-20(28-4)23(30-6)21(11-15)29-5)17-8-7-16(27-3)12-19(17)22(13)14(2)24(25)26/h7-12,14H,1-6H3,(H,25,26)/b18-9-. The first-order chi connectivity index (χ1) is 14.4. The molecule has 3 rings (SSSR count). The van der Waals surface area contributed by atoms with Gasteiger partial charge in [-0.05, 0) is 77.6 Å². The summed E-state index contributed by atoms with van der Waals surface area (Å²) in [5.41, 5.74) is 5.34. The Labute approximate surface area is 176 Å². The molecule has 0 heterocycles. The van der Waals surface area contributed by atoms with Crippen LogP contribution in [0.4, 0.5) is 0 Å². The van der Waals surface area contributed by atoms with Gasteiger partial charge in [0, 0.05) is 0 Å². The number of fused-ring (bicyclic) bond motifs is 1. The number of benzene rings is 2. The van der Waals surface area contributed by atoms with Gasteiger partial charge < -0.3 is 24.1 Å². The number of allylic oxidation sites excluding steroid dienone is 2. The molecule has 0 spiro atoms. The summed E-state index contributed by atoms with van der Waals surface area (Å²) in [6.45, 7) is 3.65. The Bertz CT molecular complexity index is 1020. The van der Waals surface area contributed by atoms with Gasteiger partial charge in [-0.1, -0.05) is 6.07 Å². The molecular formula is C24H26O6. The maximum absolute atomic E-state index is 11.8. The second-order valence-corrected chi connectivity index (χ2v) is 7.03. The van der Waals surface area contributed by atoms with Crippen molar-refractivity contribution < 1.29 is 28.8 Å². The van der Waals surface area contributed by atoms with Crippen molar-refractivity contribution in [3.8, 4) is 23.0 Å². The maximum atomic E-state index is 11.8. The van der Waals surface area contributed by atoms with E-state index in [4.69, 9.17) is 18.9 Å². The van der Waals surface area contributed by atoms with E-state index in [0.29, 0.717) is 23.0 Å². The minimum atomic E-state index is -0.868. The molecule has 0 saturated carbocycles. The predicted octanol–water partition coefficient (Wildman–Crippen LogP) is 4.77. The highest BCUT2D eigenvalue weighted by Gasteiger charge is 2.30. The summed E-state index contributed by atoms with van der Waals surface area (Å²) in [6.07, 6.45) is 2.01. The van der Waals surface area contributed by atoms with Crippen LogP contribution < -0.4 is 18.9 Å². The van der Waals surface area contributed by atoms with Crippen molar-refractivity contribution in [3.63, 3.8) is 0 Å². The van der Waals surface area contributed by atoms with Crippen LogP contribution in [0.25, 0.3) is 17.2 Å². The van der Waals surface area contributed by atoms with Gasteiger partial charge in [0.25, 0.3) is 0 Å². The predicted molar refractivity (Wildman–Crippen MR) is 116 cm³/mol. The van der Waals surface area contributed by atoms with Gasteiger partial charge in [0.05, 0.1) is 34.4 Å². The first kappa shape index (κ1) is 21.3. The van der Waals surface area contributed by atoms with Gasteiger partial charge in [0.1, 0.15) is 5.75 Å². The van der Waals surface area contributed by atoms with E-state index in [0.717, 1.165) is 33.4 Å². The number of carboxylic acids is 1. The summed E-state index contributed by atoms with van der Waals surface area (Å²) < 4.78 is 21.7. The molecule has 30 heavy (non-hydrogen) atoms. The Kier molecular flexibility index (Phi) is 6.06. The monoisotopic (exact) mass is 410 g/mol. The molecule has 2 aromatic rings. The molecule has 1 aliphatic carbocycles. The molecule has 2 aromatic carbocycles. The minimum Gasteiger partial charge on any atom is -0.497 e. The Morgan fingerprint density at radius 1 is 0.933 bits per heavy atom. The van der Waals surface area contributed by atoms with Crippen molar-refractivity contribution in [2.75, 3.05) is 28.4 Å². The summed E-state index contributed by atoms with van der Waals surface area (Å²) in [5.74, 6) is 0.792. The lowest BCUT2D eigenvalue weighted by atomic mass is 9.93. The zero-order chi connectivity index (χ0) is 22.0. The molecule has 0 aliphatic heterocycles. The van der Waals surface area contributed by atoms with E-state index in [1.54, 1.807) is 35.4 Å². The average Bonchev–Trinajstić information content (AvgIpc) is 3.02. The van der Waals surface area contributed by atoms with Gasteiger partial charge in [0.2, 0.25) is 5.75 Å². The van der Waals surface area contributed by atoms with Crippen LogP contribution >= 0.6 is 0 Å². The Balaban J connectivity index is 2.23. The Morgan fingerprint density at radius 3 is 2.07 bits per heavy atom. The topological polar surface area (TPSA) is 74.2 Å². The van der Waals surface area contributed by atoms with Crippen LogP contribution in [0.1, 0.15) is 30.5 Å². The summed E-state index contributed by atoms with van der Waals surface area (Å²) >= 11 is 0. The molecule has 0 fully saturated rings. The molecule has 1 aliphatic rings. The third kappa shape index (κ3) is 3.61. The fourth-order valence-corrected chi connectivity index (χ4v) is 3.88. The lowest BCUT2D eigenvalue weighted by Gasteiger charge is -2.13. The van der Waals surface area contributed by atoms with Crippen LogP contribution in [0.3, 0.4) is 0 Å². The van der Waals surface area contributed by atoms with E-state index in [9.17, 15) is 9.90 Å². The minimum absolute atomic E-state index is 0.520. The molecule has 1 unspecified atom stereocenters. The van der Waals surface area contributed by atoms with Crippen LogP contribution in [0, 0.1) is 5.92 Å². The van der Waals surface area contributed by atoms with Crippen molar-refractivity contribution >= 4 is 23.2 Å². The number of carbonyl (C=O) groups is 1. The van der Waals surface area contributed by atoms with Gasteiger partial charge in [-0.2, -0.15) is 0 Å². The van der Waals surface area contributed by atoms with Crippen molar-refractivity contribution in [1.29, 1.82) is 0 Å². The number of aliphatic carboxylic acids is 1. The van der Waals surface area contributed by atoms with Gasteiger partial charge in [-0.15, -0.1) is 0 Å². The molecule has 6 heteroatoms. The summed E-state index contributed by atoms with van der Waals surface area (Å²) in [6, 6.07) is 9.46. The molecule has 0 radical (unpaired) electrons. The largest absolute Gasteiger partial charge is 0.497 e. The molecule has 0 aromatic heterocycles. The summed E-state index contributed by atoms with van der Waals surface area (Å²) in [7, 11) is 6.30. The fourth-order valence-electron chi connectivity index (χ4n) is 3.88. The highest BCUT2D eigenvalue weighted by atomic mass is 16.5. The fraction of sp³-hybridized carbons (Fsp3) is 0.292. The Morgan fingerprint density at radius 2 is 1.57 bits per heavy atom. The zero-order valence-electron chi connectivity index (χ0n) is 18.0. The third-order valence-corrected chi connectivity index (χ3v) is 5.42. The molecule has 0 saturated heterocycles. The molecule has 158 valence electrons. The molecule has 0 bridgehead atoms. The summed E-state index contributed by atoms with van der Waals surface area (Å²) in [5, 5.41) is 9.65. The first-order valence-electron chi connectivity index (χ1n) is 9.50. The smallest absolute Gasteiger partial charge is 0.310 e. The second-order valence-electron chi connectivity index (χ2n) is 7.03. The second kappa shape index (κ2) is 8.53. The summed E-state index contributed by atoms with van der Waals surface area (Å²) in [4.78, 5) is 11.8. The molecule has 1 N–H and O–H groups in total. The van der Waals surface area contributed by atoms with E-state index in [1.165, 1.54) is 0 Å². The van der Waals surface area contributed by atoms with Crippen molar-refractivity contribution in [1.82, 2.24) is 0 Å². The molecule has 6 nitrogen and oxygen atoms in total. The highest BCUT2D eigenvalue weighted by molar-refractivity contribution is 6.08. The molecular weight excluding hydrogens is 384 g/mol. The maximum Gasteiger partial charge on any atom is 0.310 e. The van der Waals surface area contributed by atoms with Gasteiger partial charge >= 0.3 is 5.97 Å². The highest BCUT2D eigenvalue weighted by Crippen LogP contribution is 2.47. The van der Waals surface area contributed by atoms with E-state index < -0.39 is 11.9 Å². The number of methoxy groups -OCH3 is 4. The van der Waals surface area contributed by atoms with Crippen LogP contribution in [0.5, 0.6) is 23.0 Å². The molecule has 1 atom stereocenters. The van der Waals surface area contributed by atoms with Crippen LogP contribution in [-0.4, -0.2) is 39.5 Å².